The monoisotopic (exact) mass is 479 g/mol. The molecule has 1 aromatic heterocycles. The number of hydrogen-bond acceptors (Lipinski definition) is 6. The first-order chi connectivity index (χ1) is 16.3. The number of nitro benzene ring substituents is 1. The predicted octanol–water partition coefficient (Wildman–Crippen LogP) is 3.95. The summed E-state index contributed by atoms with van der Waals surface area (Å²) in [5.41, 5.74) is 3.81. The number of rotatable bonds is 5. The highest BCUT2D eigenvalue weighted by Crippen LogP contribution is 2.38. The summed E-state index contributed by atoms with van der Waals surface area (Å²) in [5, 5.41) is 11.0. The van der Waals surface area contributed by atoms with E-state index in [4.69, 9.17) is 4.98 Å². The van der Waals surface area contributed by atoms with Crippen molar-refractivity contribution >= 4 is 21.9 Å². The number of non-ortho nitro benzene ring substituents is 1. The van der Waals surface area contributed by atoms with Crippen molar-refractivity contribution in [2.24, 2.45) is 4.99 Å². The first kappa shape index (κ1) is 22.4. The van der Waals surface area contributed by atoms with Gasteiger partial charge < -0.3 is 4.57 Å². The Morgan fingerprint density at radius 2 is 1.76 bits per heavy atom. The van der Waals surface area contributed by atoms with Crippen molar-refractivity contribution in [2.45, 2.75) is 43.7 Å². The molecule has 0 aliphatic carbocycles. The van der Waals surface area contributed by atoms with Gasteiger partial charge in [0.2, 0.25) is 10.0 Å². The van der Waals surface area contributed by atoms with Crippen LogP contribution in [0.3, 0.4) is 0 Å². The number of aromatic nitrogens is 2. The number of aliphatic imine (C=N–C) groups is 1. The normalized spacial score (nSPS) is 18.0. The molecule has 2 aromatic carbocycles. The Morgan fingerprint density at radius 1 is 1.06 bits per heavy atom. The Balaban J connectivity index is 1.55. The summed E-state index contributed by atoms with van der Waals surface area (Å²) >= 11 is 0. The first-order valence-corrected chi connectivity index (χ1v) is 12.7. The second-order valence-corrected chi connectivity index (χ2v) is 10.7. The highest BCUT2D eigenvalue weighted by atomic mass is 32.2. The Hall–Kier alpha value is -3.37. The van der Waals surface area contributed by atoms with Crippen molar-refractivity contribution in [3.63, 3.8) is 0 Å². The molecule has 0 fully saturated rings. The van der Waals surface area contributed by atoms with E-state index in [0.717, 1.165) is 22.8 Å². The number of benzene rings is 2. The van der Waals surface area contributed by atoms with Gasteiger partial charge in [0.1, 0.15) is 5.82 Å². The molecule has 3 aromatic rings. The van der Waals surface area contributed by atoms with Crippen molar-refractivity contribution in [3.8, 4) is 11.4 Å². The topological polar surface area (TPSA) is 111 Å². The van der Waals surface area contributed by atoms with E-state index in [1.54, 1.807) is 6.21 Å². The van der Waals surface area contributed by atoms with Gasteiger partial charge in [0.25, 0.3) is 5.69 Å². The summed E-state index contributed by atoms with van der Waals surface area (Å²) in [6, 6.07) is 12.9. The second-order valence-electron chi connectivity index (χ2n) is 8.83. The molecule has 176 valence electrons. The van der Waals surface area contributed by atoms with Crippen LogP contribution in [-0.4, -0.2) is 46.5 Å². The molecular formula is C24H25N5O4S. The predicted molar refractivity (Wildman–Crippen MR) is 129 cm³/mol. The van der Waals surface area contributed by atoms with Crippen LogP contribution in [0.25, 0.3) is 11.4 Å². The number of nitro groups is 1. The first-order valence-electron chi connectivity index (χ1n) is 11.2. The fourth-order valence-electron chi connectivity index (χ4n) is 4.66. The van der Waals surface area contributed by atoms with Gasteiger partial charge in [-0.3, -0.25) is 15.1 Å². The SMILES string of the molecule is CC(C)c1ccc(-c2nc3c4n2CCN(S(=O)(=O)c2ccc([N+](=O)[O-])cc2)[C@@H]4CN=CC3)cc1. The fourth-order valence-corrected chi connectivity index (χ4v) is 6.23. The summed E-state index contributed by atoms with van der Waals surface area (Å²) < 4.78 is 30.7. The smallest absolute Gasteiger partial charge is 0.269 e. The van der Waals surface area contributed by atoms with Crippen LogP contribution in [-0.2, 0) is 23.0 Å². The van der Waals surface area contributed by atoms with Crippen LogP contribution in [0.4, 0.5) is 5.69 Å². The summed E-state index contributed by atoms with van der Waals surface area (Å²) in [6.45, 7) is 5.34. The van der Waals surface area contributed by atoms with Crippen molar-refractivity contribution in [2.75, 3.05) is 13.1 Å². The molecule has 0 saturated heterocycles. The third-order valence-corrected chi connectivity index (χ3v) is 8.39. The summed E-state index contributed by atoms with van der Waals surface area (Å²) in [5.74, 6) is 1.27. The van der Waals surface area contributed by atoms with Gasteiger partial charge in [0, 0.05) is 43.4 Å². The number of imidazole rings is 1. The molecule has 5 rings (SSSR count). The average molecular weight is 480 g/mol. The van der Waals surface area contributed by atoms with Crippen LogP contribution in [0.1, 0.15) is 42.8 Å². The summed E-state index contributed by atoms with van der Waals surface area (Å²) in [6.07, 6.45) is 2.34. The quantitative estimate of drug-likeness (QED) is 0.406. The molecule has 34 heavy (non-hydrogen) atoms. The van der Waals surface area contributed by atoms with E-state index in [9.17, 15) is 18.5 Å². The van der Waals surface area contributed by atoms with Gasteiger partial charge in [-0.15, -0.1) is 0 Å². The zero-order valence-electron chi connectivity index (χ0n) is 19.0. The zero-order chi connectivity index (χ0) is 24.0. The van der Waals surface area contributed by atoms with E-state index in [1.807, 2.05) is 0 Å². The Morgan fingerprint density at radius 3 is 2.41 bits per heavy atom. The van der Waals surface area contributed by atoms with E-state index < -0.39 is 21.0 Å². The average Bonchev–Trinajstić information content (AvgIpc) is 3.07. The van der Waals surface area contributed by atoms with Crippen LogP contribution in [0.2, 0.25) is 0 Å². The number of sulfonamides is 1. The lowest BCUT2D eigenvalue weighted by Crippen LogP contribution is -2.43. The minimum Gasteiger partial charge on any atom is -0.325 e. The maximum Gasteiger partial charge on any atom is 0.269 e. The van der Waals surface area contributed by atoms with Crippen LogP contribution in [0.15, 0.2) is 58.4 Å². The molecule has 2 aliphatic heterocycles. The van der Waals surface area contributed by atoms with Gasteiger partial charge in [-0.05, 0) is 23.6 Å². The lowest BCUT2D eigenvalue weighted by molar-refractivity contribution is -0.384. The van der Waals surface area contributed by atoms with Crippen LogP contribution in [0, 0.1) is 10.1 Å². The van der Waals surface area contributed by atoms with Gasteiger partial charge >= 0.3 is 0 Å². The van der Waals surface area contributed by atoms with E-state index in [0.29, 0.717) is 25.4 Å². The van der Waals surface area contributed by atoms with Gasteiger partial charge in [-0.25, -0.2) is 13.4 Å². The number of hydrogen-bond donors (Lipinski definition) is 0. The van der Waals surface area contributed by atoms with Gasteiger partial charge in [0.15, 0.2) is 0 Å². The minimum atomic E-state index is -3.88. The third kappa shape index (κ3) is 3.72. The molecule has 1 atom stereocenters. The van der Waals surface area contributed by atoms with E-state index >= 15 is 0 Å². The van der Waals surface area contributed by atoms with E-state index in [-0.39, 0.29) is 17.1 Å². The highest BCUT2D eigenvalue weighted by Gasteiger charge is 2.40. The highest BCUT2D eigenvalue weighted by molar-refractivity contribution is 7.89. The number of nitrogens with zero attached hydrogens (tertiary/aromatic N) is 5. The Kier molecular flexibility index (Phi) is 5.57. The van der Waals surface area contributed by atoms with Crippen LogP contribution in [0.5, 0.6) is 0 Å². The van der Waals surface area contributed by atoms with Crippen molar-refractivity contribution < 1.29 is 13.3 Å². The van der Waals surface area contributed by atoms with E-state index in [2.05, 4.69) is 47.7 Å². The van der Waals surface area contributed by atoms with Gasteiger partial charge in [0.05, 0.1) is 33.8 Å². The largest absolute Gasteiger partial charge is 0.325 e. The van der Waals surface area contributed by atoms with Crippen LogP contribution >= 0.6 is 0 Å². The Labute approximate surface area is 198 Å². The van der Waals surface area contributed by atoms with Crippen LogP contribution < -0.4 is 0 Å². The third-order valence-electron chi connectivity index (χ3n) is 6.47. The maximum absolute atomic E-state index is 13.5. The fraction of sp³-hybridized carbons (Fsp3) is 0.333. The molecule has 3 heterocycles. The lowest BCUT2D eigenvalue weighted by atomic mass is 10.0. The molecule has 0 saturated carbocycles. The van der Waals surface area contributed by atoms with E-state index in [1.165, 1.54) is 34.1 Å². The van der Waals surface area contributed by atoms with Gasteiger partial charge in [-0.2, -0.15) is 4.31 Å². The maximum atomic E-state index is 13.5. The minimum absolute atomic E-state index is 0.0327. The zero-order valence-corrected chi connectivity index (χ0v) is 19.8. The molecule has 0 spiro atoms. The van der Waals surface area contributed by atoms with Gasteiger partial charge in [-0.1, -0.05) is 38.1 Å². The lowest BCUT2D eigenvalue weighted by Gasteiger charge is -2.35. The van der Waals surface area contributed by atoms with Crippen molar-refractivity contribution in [1.29, 1.82) is 0 Å². The molecule has 10 heteroatoms. The summed E-state index contributed by atoms with van der Waals surface area (Å²) in [7, 11) is -3.88. The Bertz CT molecular complexity index is 1380. The molecule has 0 bridgehead atoms. The molecule has 0 unspecified atom stereocenters. The van der Waals surface area contributed by atoms with Crippen molar-refractivity contribution in [1.82, 2.24) is 13.9 Å². The molecule has 0 N–H and O–H groups in total. The standard InChI is InChI=1S/C24H25N5O4S/c1-16(2)17-3-5-18(6-4-17)24-26-21-11-12-25-15-22-23(21)27(24)13-14-28(22)34(32,33)20-9-7-19(8-10-20)29(30)31/h3-10,12,16,22H,11,13-15H2,1-2H3/t22-/m1/s1. The van der Waals surface area contributed by atoms with Crippen molar-refractivity contribution in [3.05, 3.63) is 75.6 Å². The molecule has 2 aliphatic rings. The summed E-state index contributed by atoms with van der Waals surface area (Å²) in [4.78, 5) is 19.8. The second kappa shape index (κ2) is 8.44. The molecule has 9 nitrogen and oxygen atoms in total. The molecule has 0 radical (unpaired) electrons. The molecular weight excluding hydrogens is 454 g/mol. The molecule has 0 amide bonds.